The summed E-state index contributed by atoms with van der Waals surface area (Å²) in [7, 11) is 1.83. The van der Waals surface area contributed by atoms with E-state index in [0.29, 0.717) is 18.9 Å². The minimum Gasteiger partial charge on any atom is -0.355 e. The zero-order chi connectivity index (χ0) is 12.3. The summed E-state index contributed by atoms with van der Waals surface area (Å²) >= 11 is 0. The van der Waals surface area contributed by atoms with E-state index in [1.807, 2.05) is 7.05 Å². The molecule has 6 heteroatoms. The van der Waals surface area contributed by atoms with Gasteiger partial charge < -0.3 is 10.6 Å². The van der Waals surface area contributed by atoms with Crippen molar-refractivity contribution in [2.75, 3.05) is 19.6 Å². The zero-order valence-electron chi connectivity index (χ0n) is 10.3. The standard InChI is InChI=1S/C11H19N5O/c1-8-5-12-6-9(8)11(17)13-4-3-10-14-7-16(2)15-10/h7-9,12H,3-6H2,1-2H3,(H,13,17)/t8-,9-/m1/s1. The van der Waals surface area contributed by atoms with E-state index in [-0.39, 0.29) is 11.8 Å². The number of rotatable bonds is 4. The number of nitrogens with one attached hydrogen (secondary N) is 2. The van der Waals surface area contributed by atoms with E-state index < -0.39 is 0 Å². The van der Waals surface area contributed by atoms with Gasteiger partial charge in [-0.25, -0.2) is 4.98 Å². The van der Waals surface area contributed by atoms with Crippen LogP contribution < -0.4 is 10.6 Å². The quantitative estimate of drug-likeness (QED) is 0.728. The Morgan fingerprint density at radius 3 is 3.06 bits per heavy atom. The van der Waals surface area contributed by atoms with Crippen LogP contribution in [0.25, 0.3) is 0 Å². The highest BCUT2D eigenvalue weighted by Crippen LogP contribution is 2.15. The van der Waals surface area contributed by atoms with Gasteiger partial charge in [-0.15, -0.1) is 0 Å². The zero-order valence-corrected chi connectivity index (χ0v) is 10.3. The summed E-state index contributed by atoms with van der Waals surface area (Å²) in [6.45, 7) is 4.42. The summed E-state index contributed by atoms with van der Waals surface area (Å²) in [6.07, 6.45) is 2.35. The normalized spacial score (nSPS) is 23.9. The first-order valence-electron chi connectivity index (χ1n) is 6.00. The number of hydrogen-bond donors (Lipinski definition) is 2. The number of amides is 1. The predicted molar refractivity (Wildman–Crippen MR) is 63.2 cm³/mol. The van der Waals surface area contributed by atoms with Crippen LogP contribution in [0, 0.1) is 11.8 Å². The lowest BCUT2D eigenvalue weighted by molar-refractivity contribution is -0.125. The van der Waals surface area contributed by atoms with Gasteiger partial charge in [0.05, 0.1) is 5.92 Å². The summed E-state index contributed by atoms with van der Waals surface area (Å²) in [6, 6.07) is 0. The minimum atomic E-state index is 0.103. The molecule has 0 bridgehead atoms. The van der Waals surface area contributed by atoms with Gasteiger partial charge in [-0.2, -0.15) is 5.10 Å². The molecule has 1 amide bonds. The van der Waals surface area contributed by atoms with Crippen LogP contribution >= 0.6 is 0 Å². The van der Waals surface area contributed by atoms with Gasteiger partial charge in [0.25, 0.3) is 0 Å². The van der Waals surface area contributed by atoms with Crippen LogP contribution in [0.1, 0.15) is 12.7 Å². The van der Waals surface area contributed by atoms with Crippen molar-refractivity contribution in [2.45, 2.75) is 13.3 Å². The van der Waals surface area contributed by atoms with Crippen molar-refractivity contribution >= 4 is 5.91 Å². The minimum absolute atomic E-state index is 0.103. The first kappa shape index (κ1) is 12.0. The second kappa shape index (κ2) is 5.27. The SMILES string of the molecule is C[C@@H]1CNC[C@H]1C(=O)NCCc1ncn(C)n1. The number of aryl methyl sites for hydroxylation is 1. The lowest BCUT2D eigenvalue weighted by Gasteiger charge is -2.13. The topological polar surface area (TPSA) is 71.8 Å². The number of carbonyl (C=O) groups is 1. The molecular formula is C11H19N5O. The third-order valence-electron chi connectivity index (χ3n) is 3.15. The van der Waals surface area contributed by atoms with E-state index in [1.54, 1.807) is 11.0 Å². The smallest absolute Gasteiger partial charge is 0.224 e. The van der Waals surface area contributed by atoms with E-state index >= 15 is 0 Å². The fourth-order valence-corrected chi connectivity index (χ4v) is 2.09. The summed E-state index contributed by atoms with van der Waals surface area (Å²) in [5.74, 6) is 1.43. The van der Waals surface area contributed by atoms with Crippen LogP contribution in [0.3, 0.4) is 0 Å². The van der Waals surface area contributed by atoms with Gasteiger partial charge in [0.1, 0.15) is 6.33 Å². The van der Waals surface area contributed by atoms with Crippen molar-refractivity contribution in [3.8, 4) is 0 Å². The third kappa shape index (κ3) is 3.03. The molecule has 1 fully saturated rings. The first-order chi connectivity index (χ1) is 8.16. The molecule has 0 unspecified atom stereocenters. The van der Waals surface area contributed by atoms with Gasteiger partial charge in [0, 0.05) is 26.6 Å². The second-order valence-corrected chi connectivity index (χ2v) is 4.62. The maximum absolute atomic E-state index is 11.9. The van der Waals surface area contributed by atoms with Gasteiger partial charge in [0.15, 0.2) is 5.82 Å². The molecule has 0 aromatic carbocycles. The number of carbonyl (C=O) groups excluding carboxylic acids is 1. The van der Waals surface area contributed by atoms with Crippen LogP contribution in [-0.2, 0) is 18.3 Å². The van der Waals surface area contributed by atoms with Crippen LogP contribution in [-0.4, -0.2) is 40.3 Å². The van der Waals surface area contributed by atoms with Gasteiger partial charge in [-0.1, -0.05) is 6.92 Å². The van der Waals surface area contributed by atoms with E-state index in [1.165, 1.54) is 0 Å². The molecule has 2 rings (SSSR count). The molecule has 1 aliphatic heterocycles. The summed E-state index contributed by atoms with van der Waals surface area (Å²) in [5, 5.41) is 10.3. The van der Waals surface area contributed by atoms with Crippen molar-refractivity contribution in [3.05, 3.63) is 12.2 Å². The van der Waals surface area contributed by atoms with Crippen LogP contribution in [0.15, 0.2) is 6.33 Å². The Hall–Kier alpha value is -1.43. The average Bonchev–Trinajstić information content (AvgIpc) is 2.87. The Morgan fingerprint density at radius 1 is 1.65 bits per heavy atom. The Balaban J connectivity index is 1.73. The molecule has 0 spiro atoms. The van der Waals surface area contributed by atoms with Crippen LogP contribution in [0.5, 0.6) is 0 Å². The molecule has 0 aliphatic carbocycles. The van der Waals surface area contributed by atoms with Crippen molar-refractivity contribution in [2.24, 2.45) is 18.9 Å². The molecule has 94 valence electrons. The lowest BCUT2D eigenvalue weighted by Crippen LogP contribution is -2.35. The molecule has 1 aromatic heterocycles. The molecule has 1 aromatic rings. The summed E-state index contributed by atoms with van der Waals surface area (Å²) in [4.78, 5) is 16.0. The maximum Gasteiger partial charge on any atom is 0.224 e. The number of hydrogen-bond acceptors (Lipinski definition) is 4. The van der Waals surface area contributed by atoms with Crippen molar-refractivity contribution in [1.82, 2.24) is 25.4 Å². The van der Waals surface area contributed by atoms with E-state index in [0.717, 1.165) is 18.9 Å². The Labute approximate surface area is 101 Å². The summed E-state index contributed by atoms with van der Waals surface area (Å²) < 4.78 is 1.67. The highest BCUT2D eigenvalue weighted by atomic mass is 16.1. The molecule has 2 atom stereocenters. The Bertz CT molecular complexity index is 389. The highest BCUT2D eigenvalue weighted by Gasteiger charge is 2.29. The molecule has 0 saturated carbocycles. The molecule has 17 heavy (non-hydrogen) atoms. The molecular weight excluding hydrogens is 218 g/mol. The van der Waals surface area contributed by atoms with Crippen LogP contribution in [0.4, 0.5) is 0 Å². The fraction of sp³-hybridized carbons (Fsp3) is 0.727. The third-order valence-corrected chi connectivity index (χ3v) is 3.15. The van der Waals surface area contributed by atoms with Gasteiger partial charge in [-0.3, -0.25) is 9.48 Å². The van der Waals surface area contributed by atoms with E-state index in [9.17, 15) is 4.79 Å². The number of aromatic nitrogens is 3. The second-order valence-electron chi connectivity index (χ2n) is 4.62. The van der Waals surface area contributed by atoms with E-state index in [2.05, 4.69) is 27.6 Å². The monoisotopic (exact) mass is 237 g/mol. The number of nitrogens with zero attached hydrogens (tertiary/aromatic N) is 3. The Morgan fingerprint density at radius 2 is 2.47 bits per heavy atom. The molecule has 1 aliphatic rings. The van der Waals surface area contributed by atoms with Crippen LogP contribution in [0.2, 0.25) is 0 Å². The largest absolute Gasteiger partial charge is 0.355 e. The van der Waals surface area contributed by atoms with Crippen molar-refractivity contribution in [1.29, 1.82) is 0 Å². The average molecular weight is 237 g/mol. The summed E-state index contributed by atoms with van der Waals surface area (Å²) in [5.41, 5.74) is 0. The van der Waals surface area contributed by atoms with Gasteiger partial charge in [0.2, 0.25) is 5.91 Å². The lowest BCUT2D eigenvalue weighted by atomic mass is 9.97. The van der Waals surface area contributed by atoms with Crippen molar-refractivity contribution < 1.29 is 4.79 Å². The highest BCUT2D eigenvalue weighted by molar-refractivity contribution is 5.79. The van der Waals surface area contributed by atoms with E-state index in [4.69, 9.17) is 0 Å². The maximum atomic E-state index is 11.9. The molecule has 1 saturated heterocycles. The van der Waals surface area contributed by atoms with Gasteiger partial charge in [-0.05, 0) is 12.5 Å². The first-order valence-corrected chi connectivity index (χ1v) is 6.00. The van der Waals surface area contributed by atoms with Crippen molar-refractivity contribution in [3.63, 3.8) is 0 Å². The predicted octanol–water partition coefficient (Wildman–Crippen LogP) is -0.671. The molecule has 6 nitrogen and oxygen atoms in total. The van der Waals surface area contributed by atoms with Gasteiger partial charge >= 0.3 is 0 Å². The molecule has 2 heterocycles. The fourth-order valence-electron chi connectivity index (χ4n) is 2.09. The molecule has 0 radical (unpaired) electrons. The molecule has 2 N–H and O–H groups in total. The Kier molecular flexibility index (Phi) is 3.73.